The van der Waals surface area contributed by atoms with E-state index in [1.54, 1.807) is 0 Å². The molecule has 0 bridgehead atoms. The van der Waals surface area contributed by atoms with Crippen LogP contribution in [0.1, 0.15) is 21.0 Å². The summed E-state index contributed by atoms with van der Waals surface area (Å²) in [5.41, 5.74) is 0. The van der Waals surface area contributed by atoms with Crippen LogP contribution in [0.15, 0.2) is 12.1 Å². The van der Waals surface area contributed by atoms with Crippen LogP contribution in [0.25, 0.3) is 0 Å². The third-order valence-corrected chi connectivity index (χ3v) is 4.10. The molecule has 0 atom stereocenters. The minimum absolute atomic E-state index is 0.0948. The molecule has 0 aromatic carbocycles. The third kappa shape index (κ3) is 3.80. The molecule has 1 aromatic rings. The fourth-order valence-corrected chi connectivity index (χ4v) is 2.90. The first kappa shape index (κ1) is 14.1. The molecule has 1 amide bonds. The maximum Gasteiger partial charge on any atom is 0.264 e. The number of rotatable bonds is 1. The summed E-state index contributed by atoms with van der Waals surface area (Å²) in [5, 5.41) is 8.65. The molecular formula is C14H18N2O2S. The zero-order chi connectivity index (χ0) is 13.7. The Bertz CT molecular complexity index is 501. The van der Waals surface area contributed by atoms with Gasteiger partial charge in [0.25, 0.3) is 5.91 Å². The summed E-state index contributed by atoms with van der Waals surface area (Å²) in [5.74, 6) is 5.52. The first-order valence-electron chi connectivity index (χ1n) is 6.38. The smallest absolute Gasteiger partial charge is 0.264 e. The molecule has 0 spiro atoms. The van der Waals surface area contributed by atoms with Crippen LogP contribution in [0.3, 0.4) is 0 Å². The van der Waals surface area contributed by atoms with Gasteiger partial charge in [-0.25, -0.2) is 0 Å². The molecule has 4 nitrogen and oxygen atoms in total. The van der Waals surface area contributed by atoms with Gasteiger partial charge in [-0.1, -0.05) is 11.8 Å². The Balaban J connectivity index is 2.04. The number of carbonyl (C=O) groups is 1. The predicted molar refractivity (Wildman–Crippen MR) is 76.3 cm³/mol. The molecule has 5 heteroatoms. The van der Waals surface area contributed by atoms with E-state index in [-0.39, 0.29) is 12.5 Å². The van der Waals surface area contributed by atoms with Crippen LogP contribution in [0.4, 0.5) is 0 Å². The second kappa shape index (κ2) is 6.71. The summed E-state index contributed by atoms with van der Waals surface area (Å²) in [4.78, 5) is 18.1. The Morgan fingerprint density at radius 3 is 3.00 bits per heavy atom. The lowest BCUT2D eigenvalue weighted by Gasteiger charge is -2.19. The third-order valence-electron chi connectivity index (χ3n) is 3.11. The van der Waals surface area contributed by atoms with Gasteiger partial charge in [0.15, 0.2) is 0 Å². The van der Waals surface area contributed by atoms with Crippen LogP contribution >= 0.6 is 11.3 Å². The molecule has 1 aliphatic rings. The van der Waals surface area contributed by atoms with Gasteiger partial charge < -0.3 is 14.9 Å². The van der Waals surface area contributed by atoms with E-state index in [4.69, 9.17) is 5.11 Å². The lowest BCUT2D eigenvalue weighted by atomic mass is 10.3. The lowest BCUT2D eigenvalue weighted by Crippen LogP contribution is -2.34. The summed E-state index contributed by atoms with van der Waals surface area (Å²) in [7, 11) is 2.09. The summed E-state index contributed by atoms with van der Waals surface area (Å²) in [6, 6.07) is 3.66. The van der Waals surface area contributed by atoms with Crippen LogP contribution in [-0.4, -0.2) is 60.6 Å². The van der Waals surface area contributed by atoms with Crippen molar-refractivity contribution in [1.29, 1.82) is 0 Å². The largest absolute Gasteiger partial charge is 0.384 e. The van der Waals surface area contributed by atoms with E-state index in [9.17, 15) is 4.79 Å². The molecule has 1 saturated heterocycles. The monoisotopic (exact) mass is 278 g/mol. The number of hydrogen-bond acceptors (Lipinski definition) is 4. The minimum Gasteiger partial charge on any atom is -0.384 e. The fourth-order valence-electron chi connectivity index (χ4n) is 2.05. The maximum absolute atomic E-state index is 12.4. The molecule has 2 heterocycles. The molecule has 0 saturated carbocycles. The van der Waals surface area contributed by atoms with Crippen molar-refractivity contribution in [2.24, 2.45) is 0 Å². The highest BCUT2D eigenvalue weighted by Crippen LogP contribution is 2.18. The highest BCUT2D eigenvalue weighted by atomic mass is 32.1. The minimum atomic E-state index is -0.153. The quantitative estimate of drug-likeness (QED) is 0.775. The van der Waals surface area contributed by atoms with E-state index in [2.05, 4.69) is 23.8 Å². The number of nitrogens with zero attached hydrogens (tertiary/aromatic N) is 2. The van der Waals surface area contributed by atoms with Gasteiger partial charge in [-0.15, -0.1) is 11.3 Å². The van der Waals surface area contributed by atoms with E-state index in [0.717, 1.165) is 42.4 Å². The highest BCUT2D eigenvalue weighted by Gasteiger charge is 2.19. The summed E-state index contributed by atoms with van der Waals surface area (Å²) >= 11 is 1.39. The van der Waals surface area contributed by atoms with Crippen LogP contribution in [0.5, 0.6) is 0 Å². The zero-order valence-corrected chi connectivity index (χ0v) is 11.9. The molecule has 1 fully saturated rings. The zero-order valence-electron chi connectivity index (χ0n) is 11.1. The SMILES string of the molecule is CN1CCCN(C(=O)c2ccc(C#CCO)s2)CC1. The predicted octanol–water partition coefficient (Wildman–Crippen LogP) is 0.870. The van der Waals surface area contributed by atoms with Gasteiger partial charge in [0.2, 0.25) is 0 Å². The van der Waals surface area contributed by atoms with Crippen molar-refractivity contribution in [1.82, 2.24) is 9.80 Å². The number of likely N-dealkylation sites (N-methyl/N-ethyl adjacent to an activating group) is 1. The number of aliphatic hydroxyl groups excluding tert-OH is 1. The molecular weight excluding hydrogens is 260 g/mol. The van der Waals surface area contributed by atoms with E-state index in [0.29, 0.717) is 0 Å². The maximum atomic E-state index is 12.4. The molecule has 0 unspecified atom stereocenters. The summed E-state index contributed by atoms with van der Waals surface area (Å²) < 4.78 is 0. The molecule has 0 aliphatic carbocycles. The number of aliphatic hydroxyl groups is 1. The van der Waals surface area contributed by atoms with Gasteiger partial charge in [0, 0.05) is 19.6 Å². The van der Waals surface area contributed by atoms with Gasteiger partial charge in [-0.2, -0.15) is 0 Å². The average molecular weight is 278 g/mol. The van der Waals surface area contributed by atoms with Crippen molar-refractivity contribution >= 4 is 17.2 Å². The molecule has 102 valence electrons. The van der Waals surface area contributed by atoms with Crippen molar-refractivity contribution in [3.05, 3.63) is 21.9 Å². The van der Waals surface area contributed by atoms with Crippen LogP contribution in [0, 0.1) is 11.8 Å². The Kier molecular flexibility index (Phi) is 4.97. The van der Waals surface area contributed by atoms with Gasteiger partial charge in [0.05, 0.1) is 9.75 Å². The lowest BCUT2D eigenvalue weighted by molar-refractivity contribution is 0.0767. The van der Waals surface area contributed by atoms with E-state index in [1.807, 2.05) is 17.0 Å². The molecule has 0 radical (unpaired) electrons. The number of amides is 1. The molecule has 2 rings (SSSR count). The normalized spacial score (nSPS) is 16.6. The second-order valence-electron chi connectivity index (χ2n) is 4.57. The van der Waals surface area contributed by atoms with Gasteiger partial charge >= 0.3 is 0 Å². The van der Waals surface area contributed by atoms with Crippen LogP contribution < -0.4 is 0 Å². The van der Waals surface area contributed by atoms with Gasteiger partial charge in [0.1, 0.15) is 6.61 Å². The second-order valence-corrected chi connectivity index (χ2v) is 5.66. The Hall–Kier alpha value is -1.35. The average Bonchev–Trinajstić information content (AvgIpc) is 2.78. The Labute approximate surface area is 117 Å². The van der Waals surface area contributed by atoms with E-state index >= 15 is 0 Å². The summed E-state index contributed by atoms with van der Waals surface area (Å²) in [6.45, 7) is 3.42. The van der Waals surface area contributed by atoms with Crippen LogP contribution in [0.2, 0.25) is 0 Å². The van der Waals surface area contributed by atoms with Crippen molar-refractivity contribution in [2.75, 3.05) is 39.8 Å². The standard InChI is InChI=1S/C14H18N2O2S/c1-15-7-3-8-16(10-9-15)14(18)13-6-5-12(19-13)4-2-11-17/h5-6,17H,3,7-11H2,1H3. The molecule has 1 aliphatic heterocycles. The first-order chi connectivity index (χ1) is 9.20. The summed E-state index contributed by atoms with van der Waals surface area (Å²) in [6.07, 6.45) is 1.02. The first-order valence-corrected chi connectivity index (χ1v) is 7.20. The van der Waals surface area contributed by atoms with Crippen molar-refractivity contribution < 1.29 is 9.90 Å². The van der Waals surface area contributed by atoms with Crippen molar-refractivity contribution in [3.8, 4) is 11.8 Å². The van der Waals surface area contributed by atoms with Crippen LogP contribution in [-0.2, 0) is 0 Å². The number of carbonyl (C=O) groups excluding carboxylic acids is 1. The molecule has 1 aromatic heterocycles. The molecule has 1 N–H and O–H groups in total. The number of hydrogen-bond donors (Lipinski definition) is 1. The van der Waals surface area contributed by atoms with Gasteiger partial charge in [-0.3, -0.25) is 4.79 Å². The van der Waals surface area contributed by atoms with E-state index < -0.39 is 0 Å². The fraction of sp³-hybridized carbons (Fsp3) is 0.500. The van der Waals surface area contributed by atoms with Crippen molar-refractivity contribution in [3.63, 3.8) is 0 Å². The van der Waals surface area contributed by atoms with Gasteiger partial charge in [-0.05, 0) is 32.1 Å². The Morgan fingerprint density at radius 1 is 1.37 bits per heavy atom. The van der Waals surface area contributed by atoms with E-state index in [1.165, 1.54) is 11.3 Å². The Morgan fingerprint density at radius 2 is 2.21 bits per heavy atom. The molecule has 19 heavy (non-hydrogen) atoms. The van der Waals surface area contributed by atoms with Crippen molar-refractivity contribution in [2.45, 2.75) is 6.42 Å². The topological polar surface area (TPSA) is 43.8 Å². The highest BCUT2D eigenvalue weighted by molar-refractivity contribution is 7.14. The number of thiophene rings is 1.